The number of rotatable bonds is 10. The van der Waals surface area contributed by atoms with Crippen LogP contribution in [0, 0.1) is 0 Å². The van der Waals surface area contributed by atoms with E-state index in [1.54, 1.807) is 36.4 Å². The fraction of sp³-hybridized carbons (Fsp3) is 0.200. The molecule has 1 saturated heterocycles. The molecule has 4 rings (SSSR count). The Morgan fingerprint density at radius 1 is 0.973 bits per heavy atom. The van der Waals surface area contributed by atoms with Crippen molar-refractivity contribution in [3.05, 3.63) is 108 Å². The molecule has 7 nitrogen and oxygen atoms in total. The Balaban J connectivity index is 1.75. The molecule has 1 heterocycles. The molecule has 0 bridgehead atoms. The van der Waals surface area contributed by atoms with Crippen molar-refractivity contribution in [1.29, 1.82) is 0 Å². The topological polar surface area (TPSA) is 79.3 Å². The summed E-state index contributed by atoms with van der Waals surface area (Å²) in [5.41, 5.74) is 1.12. The smallest absolute Gasteiger partial charge is 0.295 e. The molecule has 1 fully saturated rings. The molecular weight excluding hydrogens is 468 g/mol. The van der Waals surface area contributed by atoms with E-state index in [0.717, 1.165) is 0 Å². The average molecular weight is 499 g/mol. The number of para-hydroxylation sites is 1. The van der Waals surface area contributed by atoms with E-state index < -0.39 is 17.7 Å². The minimum absolute atomic E-state index is 0.0420. The molecule has 1 aliphatic rings. The Morgan fingerprint density at radius 2 is 1.68 bits per heavy atom. The normalized spacial score (nSPS) is 16.7. The van der Waals surface area contributed by atoms with Crippen LogP contribution in [0.3, 0.4) is 0 Å². The summed E-state index contributed by atoms with van der Waals surface area (Å²) < 4.78 is 11.5. The van der Waals surface area contributed by atoms with Gasteiger partial charge in [0.25, 0.3) is 11.7 Å². The Bertz CT molecular complexity index is 1300. The van der Waals surface area contributed by atoms with Crippen LogP contribution in [0.1, 0.15) is 17.2 Å². The molecule has 0 radical (unpaired) electrons. The average Bonchev–Trinajstić information content (AvgIpc) is 3.16. The molecule has 1 atom stereocenters. The number of ether oxygens (including phenoxy) is 2. The number of likely N-dealkylation sites (N-methyl/N-ethyl adjacent to an activating group) is 1. The number of aliphatic hydroxyl groups excluding tert-OH is 1. The van der Waals surface area contributed by atoms with Crippen molar-refractivity contribution < 1.29 is 24.2 Å². The number of hydrogen-bond donors (Lipinski definition) is 1. The van der Waals surface area contributed by atoms with Crippen LogP contribution in [0.5, 0.6) is 17.2 Å². The predicted octanol–water partition coefficient (Wildman–Crippen LogP) is 5.03. The number of benzene rings is 3. The SMILES string of the molecule is C=CCOc1ccc(/C(O)=C2/C(=O)C(=O)N(CCN(C)C)C2c2cccc(Oc3ccccc3)c2)cc1. The van der Waals surface area contributed by atoms with E-state index in [2.05, 4.69) is 6.58 Å². The van der Waals surface area contributed by atoms with Gasteiger partial charge in [0.2, 0.25) is 0 Å². The number of ketones is 1. The highest BCUT2D eigenvalue weighted by atomic mass is 16.5. The summed E-state index contributed by atoms with van der Waals surface area (Å²) in [6.45, 7) is 4.85. The Kier molecular flexibility index (Phi) is 8.05. The molecule has 190 valence electrons. The quantitative estimate of drug-likeness (QED) is 0.183. The van der Waals surface area contributed by atoms with Crippen LogP contribution in [-0.4, -0.2) is 60.4 Å². The molecule has 1 aliphatic heterocycles. The summed E-state index contributed by atoms with van der Waals surface area (Å²) in [6, 6.07) is 22.5. The lowest BCUT2D eigenvalue weighted by Crippen LogP contribution is -2.35. The number of amides is 1. The summed E-state index contributed by atoms with van der Waals surface area (Å²) in [5, 5.41) is 11.3. The van der Waals surface area contributed by atoms with Crippen LogP contribution < -0.4 is 9.47 Å². The second-order valence-electron chi connectivity index (χ2n) is 8.91. The first-order chi connectivity index (χ1) is 17.9. The van der Waals surface area contributed by atoms with Crippen molar-refractivity contribution in [1.82, 2.24) is 9.80 Å². The summed E-state index contributed by atoms with van der Waals surface area (Å²) >= 11 is 0. The van der Waals surface area contributed by atoms with Gasteiger partial charge in [-0.15, -0.1) is 0 Å². The number of hydrogen-bond acceptors (Lipinski definition) is 6. The van der Waals surface area contributed by atoms with E-state index in [0.29, 0.717) is 48.1 Å². The van der Waals surface area contributed by atoms with E-state index in [1.807, 2.05) is 67.5 Å². The summed E-state index contributed by atoms with van der Waals surface area (Å²) in [7, 11) is 3.80. The van der Waals surface area contributed by atoms with Crippen molar-refractivity contribution in [3.8, 4) is 17.2 Å². The molecule has 0 saturated carbocycles. The minimum Gasteiger partial charge on any atom is -0.507 e. The predicted molar refractivity (Wildman–Crippen MR) is 143 cm³/mol. The number of aliphatic hydroxyl groups is 1. The molecule has 3 aromatic rings. The maximum atomic E-state index is 13.3. The molecule has 0 aromatic heterocycles. The third-order valence-electron chi connectivity index (χ3n) is 5.98. The summed E-state index contributed by atoms with van der Waals surface area (Å²) in [6.07, 6.45) is 1.64. The van der Waals surface area contributed by atoms with Gasteiger partial charge in [-0.3, -0.25) is 9.59 Å². The lowest BCUT2D eigenvalue weighted by Gasteiger charge is -2.27. The monoisotopic (exact) mass is 498 g/mol. The van der Waals surface area contributed by atoms with Gasteiger partial charge in [-0.25, -0.2) is 0 Å². The molecule has 1 unspecified atom stereocenters. The standard InChI is InChI=1S/C30H30N2O5/c1-4-19-36-23-15-13-21(14-16-23)28(33)26-27(32(18-17-31(2)3)30(35)29(26)34)22-9-8-12-25(20-22)37-24-10-6-5-7-11-24/h4-16,20,27,33H,1,17-19H2,2-3H3/b28-26-. The second kappa shape index (κ2) is 11.6. The maximum absolute atomic E-state index is 13.3. The molecule has 7 heteroatoms. The molecule has 1 N–H and O–H groups in total. The highest BCUT2D eigenvalue weighted by molar-refractivity contribution is 6.46. The summed E-state index contributed by atoms with van der Waals surface area (Å²) in [5.74, 6) is 0.229. The Morgan fingerprint density at radius 3 is 2.35 bits per heavy atom. The van der Waals surface area contributed by atoms with Gasteiger partial charge in [-0.05, 0) is 68.2 Å². The number of carbonyl (C=O) groups excluding carboxylic acids is 2. The zero-order valence-corrected chi connectivity index (χ0v) is 21.0. The molecule has 0 spiro atoms. The fourth-order valence-corrected chi connectivity index (χ4v) is 4.16. The zero-order chi connectivity index (χ0) is 26.4. The van der Waals surface area contributed by atoms with Crippen LogP contribution in [0.25, 0.3) is 5.76 Å². The highest BCUT2D eigenvalue weighted by Gasteiger charge is 2.46. The third-order valence-corrected chi connectivity index (χ3v) is 5.98. The Hall–Kier alpha value is -4.36. The van der Waals surface area contributed by atoms with Gasteiger partial charge in [0.15, 0.2) is 0 Å². The molecular formula is C30H30N2O5. The Labute approximate surface area is 216 Å². The lowest BCUT2D eigenvalue weighted by atomic mass is 9.95. The number of nitrogens with zero attached hydrogens (tertiary/aromatic N) is 2. The molecule has 0 aliphatic carbocycles. The van der Waals surface area contributed by atoms with Crippen molar-refractivity contribution >= 4 is 17.4 Å². The van der Waals surface area contributed by atoms with Gasteiger partial charge in [0, 0.05) is 18.7 Å². The number of likely N-dealkylation sites (tertiary alicyclic amines) is 1. The zero-order valence-electron chi connectivity index (χ0n) is 21.0. The van der Waals surface area contributed by atoms with Crippen LogP contribution in [-0.2, 0) is 9.59 Å². The van der Waals surface area contributed by atoms with Gasteiger partial charge >= 0.3 is 0 Å². The van der Waals surface area contributed by atoms with Gasteiger partial charge in [0.05, 0.1) is 11.6 Å². The third kappa shape index (κ3) is 5.90. The first-order valence-corrected chi connectivity index (χ1v) is 12.0. The van der Waals surface area contributed by atoms with Gasteiger partial charge in [-0.2, -0.15) is 0 Å². The minimum atomic E-state index is -0.768. The van der Waals surface area contributed by atoms with Crippen LogP contribution in [0.15, 0.2) is 97.1 Å². The first kappa shape index (κ1) is 25.7. The van der Waals surface area contributed by atoms with Crippen LogP contribution in [0.4, 0.5) is 0 Å². The van der Waals surface area contributed by atoms with E-state index >= 15 is 0 Å². The maximum Gasteiger partial charge on any atom is 0.295 e. The highest BCUT2D eigenvalue weighted by Crippen LogP contribution is 2.40. The molecule has 3 aromatic carbocycles. The van der Waals surface area contributed by atoms with Crippen molar-refractivity contribution in [2.45, 2.75) is 6.04 Å². The van der Waals surface area contributed by atoms with Crippen molar-refractivity contribution in [2.24, 2.45) is 0 Å². The van der Waals surface area contributed by atoms with Crippen LogP contribution in [0.2, 0.25) is 0 Å². The summed E-state index contributed by atoms with van der Waals surface area (Å²) in [4.78, 5) is 29.9. The van der Waals surface area contributed by atoms with E-state index in [1.165, 1.54) is 4.90 Å². The van der Waals surface area contributed by atoms with Crippen LogP contribution >= 0.6 is 0 Å². The fourth-order valence-electron chi connectivity index (χ4n) is 4.16. The largest absolute Gasteiger partial charge is 0.507 e. The van der Waals surface area contributed by atoms with E-state index in [-0.39, 0.29) is 11.3 Å². The van der Waals surface area contributed by atoms with Crippen molar-refractivity contribution in [2.75, 3.05) is 33.8 Å². The van der Waals surface area contributed by atoms with E-state index in [4.69, 9.17) is 9.47 Å². The second-order valence-corrected chi connectivity index (χ2v) is 8.91. The molecule has 1 amide bonds. The van der Waals surface area contributed by atoms with Gasteiger partial charge in [-0.1, -0.05) is 43.0 Å². The van der Waals surface area contributed by atoms with Crippen molar-refractivity contribution in [3.63, 3.8) is 0 Å². The van der Waals surface area contributed by atoms with Gasteiger partial charge in [0.1, 0.15) is 29.6 Å². The molecule has 37 heavy (non-hydrogen) atoms. The number of carbonyl (C=O) groups is 2. The first-order valence-electron chi connectivity index (χ1n) is 12.0. The van der Waals surface area contributed by atoms with E-state index in [9.17, 15) is 14.7 Å². The lowest BCUT2D eigenvalue weighted by molar-refractivity contribution is -0.140. The van der Waals surface area contributed by atoms with Gasteiger partial charge < -0.3 is 24.4 Å². The number of Topliss-reactive ketones (excluding diaryl/α,β-unsaturated/α-hetero) is 1.